The van der Waals surface area contributed by atoms with E-state index in [0.717, 1.165) is 28.9 Å². The highest BCUT2D eigenvalue weighted by atomic mass is 35.5. The van der Waals surface area contributed by atoms with Crippen LogP contribution in [0.25, 0.3) is 10.2 Å². The van der Waals surface area contributed by atoms with Crippen molar-refractivity contribution in [3.05, 3.63) is 77.4 Å². The summed E-state index contributed by atoms with van der Waals surface area (Å²) in [6, 6.07) is 17.9. The van der Waals surface area contributed by atoms with Crippen molar-refractivity contribution >= 4 is 55.0 Å². The second-order valence-corrected chi connectivity index (χ2v) is 13.0. The monoisotopic (exact) mass is 628 g/mol. The third kappa shape index (κ3) is 5.84. The molecule has 0 saturated carbocycles. The van der Waals surface area contributed by atoms with E-state index in [-0.39, 0.29) is 30.0 Å². The molecule has 0 saturated heterocycles. The number of carbonyl (C=O) groups excluding carboxylic acids is 1. The standard InChI is InChI=1S/C30H32N4O5S2.ClH/c1-3-32(4-2)15-16-34(30-31-25-17-26-27(39-20-38-26)18-28(25)40-30)29(35)22-9-11-24(12-10-22)41(36,37)33-14-13-21-7-5-6-8-23(21)19-33;/h5-12,17-18H,3-4,13-16,19-20H2,1-2H3;1H. The molecule has 0 spiro atoms. The van der Waals surface area contributed by atoms with Gasteiger partial charge in [-0.25, -0.2) is 13.4 Å². The second-order valence-electron chi connectivity index (χ2n) is 10.0. The van der Waals surface area contributed by atoms with Crippen LogP contribution in [-0.4, -0.2) is 68.0 Å². The third-order valence-electron chi connectivity index (χ3n) is 7.72. The zero-order chi connectivity index (χ0) is 28.6. The number of carbonyl (C=O) groups is 1. The zero-order valence-corrected chi connectivity index (χ0v) is 25.9. The summed E-state index contributed by atoms with van der Waals surface area (Å²) in [7, 11) is -3.70. The van der Waals surface area contributed by atoms with E-state index in [1.54, 1.807) is 17.0 Å². The topological polar surface area (TPSA) is 92.3 Å². The summed E-state index contributed by atoms with van der Waals surface area (Å²) >= 11 is 1.42. The number of hydrogen-bond donors (Lipinski definition) is 0. The van der Waals surface area contributed by atoms with Crippen LogP contribution in [0.3, 0.4) is 0 Å². The van der Waals surface area contributed by atoms with Crippen LogP contribution in [0.1, 0.15) is 35.3 Å². The molecule has 2 aliphatic rings. The molecule has 222 valence electrons. The molecule has 6 rings (SSSR count). The number of rotatable bonds is 9. The van der Waals surface area contributed by atoms with Gasteiger partial charge in [0.05, 0.1) is 15.1 Å². The number of halogens is 1. The fourth-order valence-electron chi connectivity index (χ4n) is 5.24. The fourth-order valence-corrected chi connectivity index (χ4v) is 7.66. The van der Waals surface area contributed by atoms with Crippen LogP contribution in [-0.2, 0) is 23.0 Å². The first-order valence-electron chi connectivity index (χ1n) is 13.8. The van der Waals surface area contributed by atoms with E-state index < -0.39 is 10.0 Å². The average Bonchev–Trinajstić information content (AvgIpc) is 3.63. The number of likely N-dealkylation sites (N-methyl/N-ethyl adjacent to an activating group) is 1. The molecule has 1 aromatic heterocycles. The molecule has 0 atom stereocenters. The van der Waals surface area contributed by atoms with Gasteiger partial charge in [-0.15, -0.1) is 12.4 Å². The number of benzene rings is 3. The van der Waals surface area contributed by atoms with Gasteiger partial charge < -0.3 is 14.4 Å². The molecule has 0 bridgehead atoms. The van der Waals surface area contributed by atoms with Gasteiger partial charge >= 0.3 is 0 Å². The molecule has 42 heavy (non-hydrogen) atoms. The van der Waals surface area contributed by atoms with E-state index in [0.29, 0.717) is 54.8 Å². The van der Waals surface area contributed by atoms with E-state index in [1.807, 2.05) is 36.4 Å². The summed E-state index contributed by atoms with van der Waals surface area (Å²) in [5, 5.41) is 0.574. The largest absolute Gasteiger partial charge is 0.454 e. The summed E-state index contributed by atoms with van der Waals surface area (Å²) in [5.41, 5.74) is 3.35. The van der Waals surface area contributed by atoms with Crippen LogP contribution in [0.4, 0.5) is 5.13 Å². The smallest absolute Gasteiger partial charge is 0.260 e. The Balaban J connectivity index is 0.00000353. The fraction of sp³-hybridized carbons (Fsp3) is 0.333. The van der Waals surface area contributed by atoms with Crippen LogP contribution >= 0.6 is 23.7 Å². The highest BCUT2D eigenvalue weighted by Gasteiger charge is 2.29. The van der Waals surface area contributed by atoms with Crippen LogP contribution in [0, 0.1) is 0 Å². The first kappa shape index (κ1) is 30.2. The number of hydrogen-bond acceptors (Lipinski definition) is 8. The summed E-state index contributed by atoms with van der Waals surface area (Å²) in [4.78, 5) is 22.8. The van der Waals surface area contributed by atoms with E-state index in [9.17, 15) is 13.2 Å². The zero-order valence-electron chi connectivity index (χ0n) is 23.5. The molecular formula is C30H33ClN4O5S2. The molecule has 0 aliphatic carbocycles. The Bertz CT molecular complexity index is 1650. The maximum Gasteiger partial charge on any atom is 0.260 e. The van der Waals surface area contributed by atoms with Crippen LogP contribution in [0.5, 0.6) is 11.5 Å². The summed E-state index contributed by atoms with van der Waals surface area (Å²) in [6.45, 7) is 8.00. The Morgan fingerprint density at radius 2 is 1.67 bits per heavy atom. The van der Waals surface area contributed by atoms with Gasteiger partial charge in [-0.05, 0) is 54.9 Å². The Morgan fingerprint density at radius 3 is 2.38 bits per heavy atom. The van der Waals surface area contributed by atoms with Crippen molar-refractivity contribution in [3.63, 3.8) is 0 Å². The maximum absolute atomic E-state index is 13.9. The minimum atomic E-state index is -3.70. The quantitative estimate of drug-likeness (QED) is 0.252. The number of fused-ring (bicyclic) bond motifs is 3. The predicted molar refractivity (Wildman–Crippen MR) is 167 cm³/mol. The van der Waals surface area contributed by atoms with Gasteiger partial charge in [-0.1, -0.05) is 49.4 Å². The van der Waals surface area contributed by atoms with Crippen molar-refractivity contribution in [1.82, 2.24) is 14.2 Å². The Morgan fingerprint density at radius 1 is 0.976 bits per heavy atom. The lowest BCUT2D eigenvalue weighted by Crippen LogP contribution is -2.39. The van der Waals surface area contributed by atoms with Crippen molar-refractivity contribution in [3.8, 4) is 11.5 Å². The maximum atomic E-state index is 13.9. The molecule has 3 aromatic carbocycles. The average molecular weight is 629 g/mol. The lowest BCUT2D eigenvalue weighted by Gasteiger charge is -2.28. The van der Waals surface area contributed by atoms with Crippen molar-refractivity contribution < 1.29 is 22.7 Å². The van der Waals surface area contributed by atoms with E-state index in [4.69, 9.17) is 14.5 Å². The molecule has 0 radical (unpaired) electrons. The lowest BCUT2D eigenvalue weighted by atomic mass is 10.0. The highest BCUT2D eigenvalue weighted by molar-refractivity contribution is 7.89. The second kappa shape index (κ2) is 12.6. The number of sulfonamides is 1. The Hall–Kier alpha value is -3.22. The first-order chi connectivity index (χ1) is 19.9. The number of thiazole rings is 1. The molecule has 4 aromatic rings. The number of ether oxygens (including phenoxy) is 2. The Labute approximate surface area is 256 Å². The molecule has 0 fully saturated rings. The van der Waals surface area contributed by atoms with Gasteiger partial charge in [-0.2, -0.15) is 4.31 Å². The molecular weight excluding hydrogens is 596 g/mol. The van der Waals surface area contributed by atoms with Gasteiger partial charge in [0.15, 0.2) is 16.6 Å². The normalized spacial score (nSPS) is 14.5. The number of anilines is 1. The predicted octanol–water partition coefficient (Wildman–Crippen LogP) is 5.18. The lowest BCUT2D eigenvalue weighted by molar-refractivity contribution is 0.0983. The number of amides is 1. The summed E-state index contributed by atoms with van der Waals surface area (Å²) in [6.07, 6.45) is 0.677. The molecule has 2 aliphatic heterocycles. The summed E-state index contributed by atoms with van der Waals surface area (Å²) in [5.74, 6) is 1.08. The number of nitrogens with zero attached hydrogens (tertiary/aromatic N) is 4. The van der Waals surface area contributed by atoms with Gasteiger partial charge in [0.1, 0.15) is 0 Å². The third-order valence-corrected chi connectivity index (χ3v) is 10.6. The van der Waals surface area contributed by atoms with Crippen molar-refractivity contribution in [2.45, 2.75) is 31.7 Å². The van der Waals surface area contributed by atoms with Crippen LogP contribution < -0.4 is 14.4 Å². The van der Waals surface area contributed by atoms with Gasteiger partial charge in [0.2, 0.25) is 16.8 Å². The van der Waals surface area contributed by atoms with Gasteiger partial charge in [0, 0.05) is 43.9 Å². The molecule has 9 nitrogen and oxygen atoms in total. The summed E-state index contributed by atoms with van der Waals surface area (Å²) < 4.78 is 40.3. The minimum Gasteiger partial charge on any atom is -0.454 e. The van der Waals surface area contributed by atoms with Crippen molar-refractivity contribution in [1.29, 1.82) is 0 Å². The van der Waals surface area contributed by atoms with Crippen molar-refractivity contribution in [2.24, 2.45) is 0 Å². The van der Waals surface area contributed by atoms with Crippen LogP contribution in [0.15, 0.2) is 65.6 Å². The van der Waals surface area contributed by atoms with Gasteiger partial charge in [-0.3, -0.25) is 9.69 Å². The van der Waals surface area contributed by atoms with E-state index in [2.05, 4.69) is 18.7 Å². The molecule has 0 unspecified atom stereocenters. The first-order valence-corrected chi connectivity index (χ1v) is 16.0. The van der Waals surface area contributed by atoms with E-state index >= 15 is 0 Å². The SMILES string of the molecule is CCN(CC)CCN(C(=O)c1ccc(S(=O)(=O)N2CCc3ccccc3C2)cc1)c1nc2cc3c(cc2s1)OCO3.Cl. The molecule has 1 amide bonds. The molecule has 3 heterocycles. The van der Waals surface area contributed by atoms with E-state index in [1.165, 1.54) is 33.3 Å². The molecule has 0 N–H and O–H groups in total. The minimum absolute atomic E-state index is 0. The number of aromatic nitrogens is 1. The highest BCUT2D eigenvalue weighted by Crippen LogP contribution is 2.40. The Kier molecular flexibility index (Phi) is 9.05. The van der Waals surface area contributed by atoms with Crippen LogP contribution in [0.2, 0.25) is 0 Å². The molecule has 12 heteroatoms. The van der Waals surface area contributed by atoms with Crippen molar-refractivity contribution in [2.75, 3.05) is 44.4 Å². The van der Waals surface area contributed by atoms with Gasteiger partial charge in [0.25, 0.3) is 5.91 Å².